The second kappa shape index (κ2) is 6.00. The Morgan fingerprint density at radius 3 is 2.63 bits per heavy atom. The Bertz CT molecular complexity index is 537. The van der Waals surface area contributed by atoms with Gasteiger partial charge in [0.15, 0.2) is 0 Å². The maximum Gasteiger partial charge on any atom is 0.313 e. The van der Waals surface area contributed by atoms with Crippen LogP contribution in [0.3, 0.4) is 0 Å². The number of rotatable bonds is 4. The van der Waals surface area contributed by atoms with Crippen molar-refractivity contribution in [3.05, 3.63) is 59.9 Å². The minimum Gasteiger partial charge on any atom is -0.508 e. The highest BCUT2D eigenvalue weighted by molar-refractivity contribution is 5.77. The second-order valence-electron chi connectivity index (χ2n) is 4.24. The zero-order valence-electron chi connectivity index (χ0n) is 10.6. The number of aromatic nitrogens is 1. The summed E-state index contributed by atoms with van der Waals surface area (Å²) >= 11 is 0. The van der Waals surface area contributed by atoms with Crippen molar-refractivity contribution in [1.82, 2.24) is 4.98 Å². The number of carbonyl (C=O) groups is 1. The molecule has 1 aromatic carbocycles. The molecule has 4 nitrogen and oxygen atoms in total. The molecular formula is C15H15NO3. The molecule has 1 N–H and O–H groups in total. The lowest BCUT2D eigenvalue weighted by Gasteiger charge is -2.11. The average molecular weight is 257 g/mol. The lowest BCUT2D eigenvalue weighted by Crippen LogP contribution is -2.13. The van der Waals surface area contributed by atoms with Crippen LogP contribution in [0.1, 0.15) is 24.1 Å². The van der Waals surface area contributed by atoms with E-state index < -0.39 is 0 Å². The SMILES string of the molecule is CC(C(=O)OCc1ccccn1)c1ccc(O)cc1. The van der Waals surface area contributed by atoms with Crippen LogP contribution in [0.5, 0.6) is 5.75 Å². The molecule has 1 aromatic heterocycles. The first-order valence-corrected chi connectivity index (χ1v) is 6.02. The summed E-state index contributed by atoms with van der Waals surface area (Å²) in [6.07, 6.45) is 1.66. The average Bonchev–Trinajstić information content (AvgIpc) is 2.46. The summed E-state index contributed by atoms with van der Waals surface area (Å²) in [4.78, 5) is 16.0. The largest absolute Gasteiger partial charge is 0.508 e. The summed E-state index contributed by atoms with van der Waals surface area (Å²) in [5.41, 5.74) is 1.53. The Labute approximate surface area is 111 Å². The zero-order chi connectivity index (χ0) is 13.7. The molecule has 0 aliphatic rings. The van der Waals surface area contributed by atoms with Crippen LogP contribution in [0.2, 0.25) is 0 Å². The molecule has 2 rings (SSSR count). The molecule has 0 radical (unpaired) electrons. The van der Waals surface area contributed by atoms with Crippen LogP contribution in [0, 0.1) is 0 Å². The van der Waals surface area contributed by atoms with Crippen LogP contribution < -0.4 is 0 Å². The number of nitrogens with zero attached hydrogens (tertiary/aromatic N) is 1. The van der Waals surface area contributed by atoms with Gasteiger partial charge in [0, 0.05) is 6.20 Å². The van der Waals surface area contributed by atoms with Gasteiger partial charge in [-0.1, -0.05) is 18.2 Å². The fourth-order valence-corrected chi connectivity index (χ4v) is 1.65. The topological polar surface area (TPSA) is 59.4 Å². The number of aromatic hydroxyl groups is 1. The summed E-state index contributed by atoms with van der Waals surface area (Å²) in [5, 5.41) is 9.20. The van der Waals surface area contributed by atoms with E-state index in [0.717, 1.165) is 5.56 Å². The lowest BCUT2D eigenvalue weighted by atomic mass is 10.0. The number of phenolic OH excluding ortho intramolecular Hbond substituents is 1. The normalized spacial score (nSPS) is 11.8. The highest BCUT2D eigenvalue weighted by atomic mass is 16.5. The Hall–Kier alpha value is -2.36. The number of phenols is 1. The van der Waals surface area contributed by atoms with Gasteiger partial charge in [0.25, 0.3) is 0 Å². The van der Waals surface area contributed by atoms with Crippen molar-refractivity contribution in [2.45, 2.75) is 19.4 Å². The van der Waals surface area contributed by atoms with Crippen molar-refractivity contribution < 1.29 is 14.6 Å². The van der Waals surface area contributed by atoms with Gasteiger partial charge in [0.05, 0.1) is 11.6 Å². The molecule has 0 bridgehead atoms. The van der Waals surface area contributed by atoms with E-state index in [1.807, 2.05) is 12.1 Å². The molecule has 0 spiro atoms. The summed E-state index contributed by atoms with van der Waals surface area (Å²) in [5.74, 6) is -0.501. The smallest absolute Gasteiger partial charge is 0.313 e. The van der Waals surface area contributed by atoms with E-state index in [2.05, 4.69) is 4.98 Å². The molecule has 1 atom stereocenters. The molecule has 98 valence electrons. The van der Waals surface area contributed by atoms with Gasteiger partial charge in [-0.3, -0.25) is 9.78 Å². The molecule has 0 fully saturated rings. The summed E-state index contributed by atoms with van der Waals surface area (Å²) < 4.78 is 5.21. The molecule has 4 heteroatoms. The predicted octanol–water partition coefficient (Wildman–Crippen LogP) is 2.63. The third kappa shape index (κ3) is 3.55. The lowest BCUT2D eigenvalue weighted by molar-refractivity contribution is -0.146. The van der Waals surface area contributed by atoms with Crippen LogP contribution in [0.15, 0.2) is 48.7 Å². The Morgan fingerprint density at radius 1 is 1.26 bits per heavy atom. The first kappa shape index (κ1) is 13.1. The number of pyridine rings is 1. The fraction of sp³-hybridized carbons (Fsp3) is 0.200. The monoisotopic (exact) mass is 257 g/mol. The molecule has 0 amide bonds. The van der Waals surface area contributed by atoms with Crippen LogP contribution in [-0.4, -0.2) is 16.1 Å². The molecular weight excluding hydrogens is 242 g/mol. The number of esters is 1. The Morgan fingerprint density at radius 2 is 2.00 bits per heavy atom. The van der Waals surface area contributed by atoms with Crippen molar-refractivity contribution >= 4 is 5.97 Å². The highest BCUT2D eigenvalue weighted by Gasteiger charge is 2.16. The maximum absolute atomic E-state index is 11.9. The number of ether oxygens (including phenoxy) is 1. The van der Waals surface area contributed by atoms with Crippen molar-refractivity contribution in [3.8, 4) is 5.75 Å². The molecule has 0 saturated carbocycles. The zero-order valence-corrected chi connectivity index (χ0v) is 10.6. The van der Waals surface area contributed by atoms with E-state index in [4.69, 9.17) is 4.74 Å². The minimum absolute atomic E-state index is 0.169. The number of benzene rings is 1. The van der Waals surface area contributed by atoms with Gasteiger partial charge in [0.2, 0.25) is 0 Å². The highest BCUT2D eigenvalue weighted by Crippen LogP contribution is 2.20. The van der Waals surface area contributed by atoms with Crippen molar-refractivity contribution in [3.63, 3.8) is 0 Å². The molecule has 1 unspecified atom stereocenters. The van der Waals surface area contributed by atoms with E-state index in [9.17, 15) is 9.90 Å². The predicted molar refractivity (Wildman–Crippen MR) is 70.6 cm³/mol. The molecule has 1 heterocycles. The van der Waals surface area contributed by atoms with E-state index >= 15 is 0 Å². The third-order valence-corrected chi connectivity index (χ3v) is 2.84. The van der Waals surface area contributed by atoms with Gasteiger partial charge in [0.1, 0.15) is 12.4 Å². The Balaban J connectivity index is 1.94. The van der Waals surface area contributed by atoms with E-state index in [1.165, 1.54) is 0 Å². The van der Waals surface area contributed by atoms with Gasteiger partial charge in [-0.15, -0.1) is 0 Å². The van der Waals surface area contributed by atoms with Crippen molar-refractivity contribution in [2.75, 3.05) is 0 Å². The first-order chi connectivity index (χ1) is 9.16. The van der Waals surface area contributed by atoms with E-state index in [1.54, 1.807) is 43.5 Å². The van der Waals surface area contributed by atoms with E-state index in [-0.39, 0.29) is 24.2 Å². The Kier molecular flexibility index (Phi) is 4.13. The van der Waals surface area contributed by atoms with Crippen LogP contribution in [0.4, 0.5) is 0 Å². The standard InChI is InChI=1S/C15H15NO3/c1-11(12-5-7-14(17)8-6-12)15(18)19-10-13-4-2-3-9-16-13/h2-9,11,17H,10H2,1H3. The van der Waals surface area contributed by atoms with Gasteiger partial charge in [-0.2, -0.15) is 0 Å². The summed E-state index contributed by atoms with van der Waals surface area (Å²) in [6.45, 7) is 1.94. The van der Waals surface area contributed by atoms with Gasteiger partial charge in [-0.25, -0.2) is 0 Å². The molecule has 2 aromatic rings. The molecule has 0 saturated heterocycles. The van der Waals surface area contributed by atoms with Crippen LogP contribution in [-0.2, 0) is 16.1 Å². The van der Waals surface area contributed by atoms with Crippen molar-refractivity contribution in [2.24, 2.45) is 0 Å². The number of hydrogen-bond acceptors (Lipinski definition) is 4. The van der Waals surface area contributed by atoms with Crippen LogP contribution in [0.25, 0.3) is 0 Å². The first-order valence-electron chi connectivity index (χ1n) is 6.02. The second-order valence-corrected chi connectivity index (χ2v) is 4.24. The molecule has 0 aliphatic heterocycles. The third-order valence-electron chi connectivity index (χ3n) is 2.84. The van der Waals surface area contributed by atoms with Gasteiger partial charge >= 0.3 is 5.97 Å². The van der Waals surface area contributed by atoms with Gasteiger partial charge in [-0.05, 0) is 36.8 Å². The summed E-state index contributed by atoms with van der Waals surface area (Å²) in [7, 11) is 0. The van der Waals surface area contributed by atoms with Gasteiger partial charge < -0.3 is 9.84 Å². The summed E-state index contributed by atoms with van der Waals surface area (Å²) in [6, 6.07) is 12.0. The number of carbonyl (C=O) groups excluding carboxylic acids is 1. The fourth-order valence-electron chi connectivity index (χ4n) is 1.65. The molecule has 0 aliphatic carbocycles. The quantitative estimate of drug-likeness (QED) is 0.855. The van der Waals surface area contributed by atoms with Crippen molar-refractivity contribution in [1.29, 1.82) is 0 Å². The van der Waals surface area contributed by atoms with E-state index in [0.29, 0.717) is 5.69 Å². The minimum atomic E-state index is -0.371. The maximum atomic E-state index is 11.9. The number of hydrogen-bond donors (Lipinski definition) is 1. The molecule has 19 heavy (non-hydrogen) atoms. The van der Waals surface area contributed by atoms with Crippen LogP contribution >= 0.6 is 0 Å².